The molecule has 2 aliphatic heterocycles. The van der Waals surface area contributed by atoms with E-state index in [0.29, 0.717) is 12.8 Å². The van der Waals surface area contributed by atoms with Gasteiger partial charge in [0.15, 0.2) is 18.2 Å². The number of carbonyl (C=O) groups excluding carboxylic acids is 5. The summed E-state index contributed by atoms with van der Waals surface area (Å²) in [6.07, 6.45) is -1.01. The first-order valence-electron chi connectivity index (χ1n) is 17.7. The molecule has 0 saturated carbocycles. The maximum absolute atomic E-state index is 13.4. The molecule has 1 saturated heterocycles. The van der Waals surface area contributed by atoms with Crippen LogP contribution in [0.4, 0.5) is 0 Å². The van der Waals surface area contributed by atoms with Gasteiger partial charge in [0.05, 0.1) is 30.8 Å². The van der Waals surface area contributed by atoms with E-state index in [4.69, 9.17) is 28.4 Å². The van der Waals surface area contributed by atoms with E-state index in [-0.39, 0.29) is 24.7 Å². The zero-order valence-corrected chi connectivity index (χ0v) is 33.4. The number of nitrogens with zero attached hydrogens (tertiary/aromatic N) is 1. The molecule has 2 heterocycles. The maximum Gasteiger partial charge on any atom is 0.319 e. The summed E-state index contributed by atoms with van der Waals surface area (Å²) in [7, 11) is 3.52. The number of halogens is 1. The SMILES string of the molecule is CC[C@H]1OC(=O)C[C@@H](O)[C@H](C)[C@@H](OC2OC(C)C(OC(C)=O)C(N(C)C)C2OC(C)=O)[C@@H](C)C[C@@H](C)C(=O)/C=C/C(C)=C/[C@@H]1COC(=O)C(C)Br. The molecule has 290 valence electrons. The summed E-state index contributed by atoms with van der Waals surface area (Å²) in [5.74, 6) is -4.39. The van der Waals surface area contributed by atoms with E-state index in [9.17, 15) is 29.1 Å². The van der Waals surface area contributed by atoms with Crippen LogP contribution in [-0.2, 0) is 52.4 Å². The summed E-state index contributed by atoms with van der Waals surface area (Å²) < 4.78 is 35.6. The topological polar surface area (TPSA) is 164 Å². The molecule has 0 aromatic heterocycles. The second kappa shape index (κ2) is 20.6. The third-order valence-corrected chi connectivity index (χ3v) is 9.78. The van der Waals surface area contributed by atoms with Crippen LogP contribution in [0.15, 0.2) is 23.8 Å². The van der Waals surface area contributed by atoms with E-state index in [2.05, 4.69) is 15.9 Å². The van der Waals surface area contributed by atoms with Gasteiger partial charge in [-0.05, 0) is 59.7 Å². The molecule has 0 bridgehead atoms. The molecule has 0 aromatic carbocycles. The van der Waals surface area contributed by atoms with Gasteiger partial charge in [-0.1, -0.05) is 61.4 Å². The van der Waals surface area contributed by atoms with Gasteiger partial charge in [-0.3, -0.25) is 28.9 Å². The standard InChI is InChI=1S/C37H58BrNO12/c1-12-30-27(18-46-36(45)23(6)38)15-19(2)13-14-28(42)20(3)16-21(4)33(22(5)29(43)17-31(44)50-30)51-37-35(49-26(9)41)32(39(10)11)34(24(7)47-37)48-25(8)40/h13-15,20-24,27,29-30,32-35,37,43H,12,16-18H2,1-11H3/b14-13+,19-15+/t20-,21+,22+,23?,24?,27-,29-,30-,32?,33+,34?,35?,37?/m1/s1. The van der Waals surface area contributed by atoms with Crippen LogP contribution in [0.3, 0.4) is 0 Å². The molecule has 14 heteroatoms. The van der Waals surface area contributed by atoms with E-state index < -0.39 is 95.4 Å². The first-order chi connectivity index (χ1) is 23.8. The van der Waals surface area contributed by atoms with Gasteiger partial charge >= 0.3 is 23.9 Å². The fourth-order valence-electron chi connectivity index (χ4n) is 6.70. The molecule has 2 aliphatic rings. The van der Waals surface area contributed by atoms with Gasteiger partial charge in [0.2, 0.25) is 0 Å². The second-order valence-electron chi connectivity index (χ2n) is 14.2. The number of hydrogen-bond acceptors (Lipinski definition) is 13. The fraction of sp³-hybridized carbons (Fsp3) is 0.757. The van der Waals surface area contributed by atoms with Gasteiger partial charge in [0, 0.05) is 31.6 Å². The Balaban J connectivity index is 2.54. The summed E-state index contributed by atoms with van der Waals surface area (Å²) >= 11 is 3.21. The van der Waals surface area contributed by atoms with Gasteiger partial charge in [-0.15, -0.1) is 0 Å². The number of hydrogen-bond donors (Lipinski definition) is 1. The van der Waals surface area contributed by atoms with E-state index >= 15 is 0 Å². The Morgan fingerprint density at radius 2 is 1.63 bits per heavy atom. The molecule has 13 atom stereocenters. The number of likely N-dealkylation sites (N-methyl/N-ethyl adjacent to an activating group) is 1. The average Bonchev–Trinajstić information content (AvgIpc) is 3.03. The van der Waals surface area contributed by atoms with Crippen molar-refractivity contribution in [1.82, 2.24) is 4.90 Å². The van der Waals surface area contributed by atoms with E-state index in [1.54, 1.807) is 45.8 Å². The van der Waals surface area contributed by atoms with Crippen LogP contribution < -0.4 is 0 Å². The summed E-state index contributed by atoms with van der Waals surface area (Å²) in [6, 6.07) is -0.652. The van der Waals surface area contributed by atoms with Crippen molar-refractivity contribution in [3.63, 3.8) is 0 Å². The predicted molar refractivity (Wildman–Crippen MR) is 191 cm³/mol. The lowest BCUT2D eigenvalue weighted by atomic mass is 9.82. The Labute approximate surface area is 310 Å². The molecule has 0 aliphatic carbocycles. The number of allylic oxidation sites excluding steroid dienone is 3. The minimum absolute atomic E-state index is 0.0575. The predicted octanol–water partition coefficient (Wildman–Crippen LogP) is 4.31. The second-order valence-corrected chi connectivity index (χ2v) is 15.5. The van der Waals surface area contributed by atoms with Crippen LogP contribution in [0.25, 0.3) is 0 Å². The van der Waals surface area contributed by atoms with E-state index in [1.165, 1.54) is 19.9 Å². The fourth-order valence-corrected chi connectivity index (χ4v) is 6.83. The van der Waals surface area contributed by atoms with Crippen molar-refractivity contribution < 1.29 is 57.5 Å². The highest BCUT2D eigenvalue weighted by atomic mass is 79.9. The van der Waals surface area contributed by atoms with Crippen LogP contribution in [0.5, 0.6) is 0 Å². The molecular formula is C37H58BrNO12. The summed E-state index contributed by atoms with van der Waals surface area (Å²) in [5.41, 5.74) is 0.718. The minimum Gasteiger partial charge on any atom is -0.464 e. The van der Waals surface area contributed by atoms with Crippen LogP contribution >= 0.6 is 15.9 Å². The van der Waals surface area contributed by atoms with Crippen molar-refractivity contribution in [2.75, 3.05) is 20.7 Å². The lowest BCUT2D eigenvalue weighted by Gasteiger charge is -2.48. The normalized spacial score (nSPS) is 36.6. The first-order valence-corrected chi connectivity index (χ1v) is 18.6. The molecule has 51 heavy (non-hydrogen) atoms. The Morgan fingerprint density at radius 3 is 2.18 bits per heavy atom. The van der Waals surface area contributed by atoms with Gasteiger partial charge in [0.1, 0.15) is 23.6 Å². The van der Waals surface area contributed by atoms with Crippen molar-refractivity contribution in [2.45, 2.75) is 135 Å². The molecule has 1 fully saturated rings. The number of cyclic esters (lactones) is 1. The van der Waals surface area contributed by atoms with Crippen LogP contribution in [0.1, 0.15) is 81.6 Å². The van der Waals surface area contributed by atoms with Gasteiger partial charge in [0.25, 0.3) is 0 Å². The number of rotatable bonds is 9. The number of carbonyl (C=O) groups is 5. The summed E-state index contributed by atoms with van der Waals surface area (Å²) in [6.45, 7) is 14.9. The Bertz CT molecular complexity index is 1270. The van der Waals surface area contributed by atoms with Gasteiger partial charge in [-0.25, -0.2) is 0 Å². The zero-order chi connectivity index (χ0) is 38.7. The van der Waals surface area contributed by atoms with Crippen molar-refractivity contribution in [3.8, 4) is 0 Å². The highest BCUT2D eigenvalue weighted by molar-refractivity contribution is 9.10. The van der Waals surface area contributed by atoms with Crippen LogP contribution in [0.2, 0.25) is 0 Å². The number of ketones is 1. The largest absolute Gasteiger partial charge is 0.464 e. The molecule has 0 amide bonds. The summed E-state index contributed by atoms with van der Waals surface area (Å²) in [4.78, 5) is 64.6. The molecule has 0 aromatic rings. The third kappa shape index (κ3) is 13.4. The Morgan fingerprint density at radius 1 is 1.02 bits per heavy atom. The highest BCUT2D eigenvalue weighted by Gasteiger charge is 2.51. The quantitative estimate of drug-likeness (QED) is 0.200. The Kier molecular flexibility index (Phi) is 17.9. The number of esters is 4. The van der Waals surface area contributed by atoms with Crippen molar-refractivity contribution in [3.05, 3.63) is 23.8 Å². The highest BCUT2D eigenvalue weighted by Crippen LogP contribution is 2.35. The van der Waals surface area contributed by atoms with Crippen LogP contribution in [-0.4, -0.2) is 114 Å². The minimum atomic E-state index is -1.24. The molecule has 0 spiro atoms. The molecule has 0 radical (unpaired) electrons. The lowest BCUT2D eigenvalue weighted by Crippen LogP contribution is -2.65. The average molecular weight is 789 g/mol. The monoisotopic (exact) mass is 787 g/mol. The van der Waals surface area contributed by atoms with E-state index in [1.807, 2.05) is 33.8 Å². The van der Waals surface area contributed by atoms with Crippen molar-refractivity contribution in [2.24, 2.45) is 23.7 Å². The molecular weight excluding hydrogens is 730 g/mol. The lowest BCUT2D eigenvalue weighted by molar-refractivity contribution is -0.307. The third-order valence-electron chi connectivity index (χ3n) is 9.41. The number of ether oxygens (including phenoxy) is 6. The first kappa shape index (κ1) is 44.5. The van der Waals surface area contributed by atoms with E-state index in [0.717, 1.165) is 5.57 Å². The molecule has 1 N–H and O–H groups in total. The van der Waals surface area contributed by atoms with Gasteiger partial charge in [-0.2, -0.15) is 0 Å². The van der Waals surface area contributed by atoms with Crippen LogP contribution in [0, 0.1) is 23.7 Å². The smallest absolute Gasteiger partial charge is 0.319 e. The maximum atomic E-state index is 13.4. The molecule has 2 rings (SSSR count). The van der Waals surface area contributed by atoms with Gasteiger partial charge < -0.3 is 33.5 Å². The Hall–Kier alpha value is -2.65. The number of aliphatic hydroxyl groups excluding tert-OH is 1. The molecule has 6 unspecified atom stereocenters. The number of alkyl halides is 1. The summed E-state index contributed by atoms with van der Waals surface area (Å²) in [5, 5.41) is 11.5. The number of aliphatic hydroxyl groups is 1. The van der Waals surface area contributed by atoms with Crippen molar-refractivity contribution >= 4 is 45.6 Å². The molecule has 13 nitrogen and oxygen atoms in total. The zero-order valence-electron chi connectivity index (χ0n) is 31.8. The van der Waals surface area contributed by atoms with Crippen molar-refractivity contribution in [1.29, 1.82) is 0 Å².